The van der Waals surface area contributed by atoms with Crippen molar-refractivity contribution in [1.29, 1.82) is 0 Å². The van der Waals surface area contributed by atoms with E-state index in [4.69, 9.17) is 0 Å². The number of aromatic nitrogens is 1. The van der Waals surface area contributed by atoms with E-state index in [-0.39, 0.29) is 0 Å². The van der Waals surface area contributed by atoms with E-state index in [0.717, 1.165) is 44.8 Å². The second-order valence-electron chi connectivity index (χ2n) is 9.79. The molecule has 0 aliphatic carbocycles. The van der Waals surface area contributed by atoms with Crippen molar-refractivity contribution in [1.82, 2.24) is 0 Å². The van der Waals surface area contributed by atoms with Gasteiger partial charge < -0.3 is 5.11 Å². The summed E-state index contributed by atoms with van der Waals surface area (Å²) in [5, 5.41) is 12.6. The molecule has 0 saturated carbocycles. The van der Waals surface area contributed by atoms with E-state index in [0.29, 0.717) is 6.54 Å². The molecule has 0 unspecified atom stereocenters. The Balaban J connectivity index is 1.65. The third kappa shape index (κ3) is 5.03. The minimum atomic E-state index is -1.26. The molecule has 0 aliphatic rings. The van der Waals surface area contributed by atoms with Crippen molar-refractivity contribution in [3.63, 3.8) is 0 Å². The van der Waals surface area contributed by atoms with Crippen LogP contribution in [0.25, 0.3) is 33.6 Å². The number of nitrogens with zero attached hydrogens (tertiary/aromatic N) is 1. The number of hydrogen-bond donors (Lipinski definition) is 1. The highest BCUT2D eigenvalue weighted by atomic mass is 16.3. The van der Waals surface area contributed by atoms with Crippen LogP contribution in [0.4, 0.5) is 0 Å². The molecule has 2 nitrogen and oxygen atoms in total. The van der Waals surface area contributed by atoms with E-state index in [9.17, 15) is 5.11 Å². The average molecular weight is 505 g/mol. The highest BCUT2D eigenvalue weighted by molar-refractivity contribution is 5.73. The van der Waals surface area contributed by atoms with Crippen LogP contribution < -0.4 is 4.57 Å². The molecular weight excluding hydrogens is 474 g/mol. The summed E-state index contributed by atoms with van der Waals surface area (Å²) in [5.74, 6) is 0. The molecule has 0 amide bonds. The van der Waals surface area contributed by atoms with Crippen LogP contribution in [0.3, 0.4) is 0 Å². The molecule has 39 heavy (non-hydrogen) atoms. The van der Waals surface area contributed by atoms with Gasteiger partial charge in [0.15, 0.2) is 12.1 Å². The largest absolute Gasteiger partial charge is 0.374 e. The van der Waals surface area contributed by atoms with E-state index in [1.807, 2.05) is 78.9 Å². The van der Waals surface area contributed by atoms with E-state index >= 15 is 0 Å². The molecule has 0 radical (unpaired) electrons. The van der Waals surface area contributed by atoms with Crippen molar-refractivity contribution in [2.24, 2.45) is 0 Å². The topological polar surface area (TPSA) is 24.1 Å². The molecular formula is C37H30NO+. The molecule has 1 heterocycles. The first kappa shape index (κ1) is 24.5. The molecule has 1 N–H and O–H groups in total. The molecule has 1 aromatic heterocycles. The minimum Gasteiger partial charge on any atom is -0.374 e. The van der Waals surface area contributed by atoms with Gasteiger partial charge >= 0.3 is 0 Å². The third-order valence-electron chi connectivity index (χ3n) is 7.30. The Hall–Kier alpha value is -4.79. The summed E-state index contributed by atoms with van der Waals surface area (Å²) in [6.45, 7) is 0.338. The minimum absolute atomic E-state index is 0.338. The summed E-state index contributed by atoms with van der Waals surface area (Å²) >= 11 is 0. The quantitative estimate of drug-likeness (QED) is 0.220. The molecule has 2 heteroatoms. The lowest BCUT2D eigenvalue weighted by molar-refractivity contribution is -0.689. The maximum atomic E-state index is 12.6. The zero-order chi connectivity index (χ0) is 26.5. The predicted octanol–water partition coefficient (Wildman–Crippen LogP) is 7.91. The van der Waals surface area contributed by atoms with Gasteiger partial charge in [-0.25, -0.2) is 0 Å². The van der Waals surface area contributed by atoms with Gasteiger partial charge in [0, 0.05) is 23.3 Å². The van der Waals surface area contributed by atoms with Gasteiger partial charge in [-0.05, 0) is 46.5 Å². The van der Waals surface area contributed by atoms with Crippen molar-refractivity contribution < 1.29 is 9.67 Å². The van der Waals surface area contributed by atoms with Crippen LogP contribution in [0.1, 0.15) is 11.1 Å². The Labute approximate surface area is 230 Å². The maximum absolute atomic E-state index is 12.6. The van der Waals surface area contributed by atoms with Crippen molar-refractivity contribution in [3.05, 3.63) is 175 Å². The monoisotopic (exact) mass is 504 g/mol. The van der Waals surface area contributed by atoms with E-state index < -0.39 is 5.60 Å². The predicted molar refractivity (Wildman–Crippen MR) is 159 cm³/mol. The van der Waals surface area contributed by atoms with Crippen molar-refractivity contribution in [2.45, 2.75) is 12.1 Å². The summed E-state index contributed by atoms with van der Waals surface area (Å²) in [6, 6.07) is 55.8. The summed E-state index contributed by atoms with van der Waals surface area (Å²) in [4.78, 5) is 0. The van der Waals surface area contributed by atoms with Crippen LogP contribution in [0.15, 0.2) is 164 Å². The van der Waals surface area contributed by atoms with Crippen molar-refractivity contribution in [3.8, 4) is 33.6 Å². The van der Waals surface area contributed by atoms with Crippen LogP contribution >= 0.6 is 0 Å². The molecule has 188 valence electrons. The highest BCUT2D eigenvalue weighted by Gasteiger charge is 2.39. The lowest BCUT2D eigenvalue weighted by Gasteiger charge is -2.28. The standard InChI is InChI=1S/C37H30NO/c39-37(33-22-12-4-13-23-33,34-24-14-5-15-25-34)28-38-35(30-18-8-2-9-19-30)26-32(29-16-6-1-7-17-29)27-36(38)31-20-10-3-11-21-31/h1-27,39H,28H2/q+1. The third-order valence-corrected chi connectivity index (χ3v) is 7.30. The summed E-state index contributed by atoms with van der Waals surface area (Å²) in [5.41, 5.74) is 7.01. The molecule has 0 aliphatic heterocycles. The first-order chi connectivity index (χ1) is 19.2. The van der Waals surface area contributed by atoms with E-state index in [1.54, 1.807) is 0 Å². The molecule has 0 fully saturated rings. The Morgan fingerprint density at radius 3 is 1.13 bits per heavy atom. The first-order valence-electron chi connectivity index (χ1n) is 13.3. The SMILES string of the molecule is OC(C[n+]1c(-c2ccccc2)cc(-c2ccccc2)cc1-c1ccccc1)(c1ccccc1)c1ccccc1. The lowest BCUT2D eigenvalue weighted by atomic mass is 9.85. The van der Waals surface area contributed by atoms with Gasteiger partial charge in [-0.15, -0.1) is 0 Å². The van der Waals surface area contributed by atoms with Crippen LogP contribution in [0, 0.1) is 0 Å². The fourth-order valence-electron chi connectivity index (χ4n) is 5.29. The summed E-state index contributed by atoms with van der Waals surface area (Å²) in [6.07, 6.45) is 0. The molecule has 0 atom stereocenters. The fourth-order valence-corrected chi connectivity index (χ4v) is 5.29. The zero-order valence-corrected chi connectivity index (χ0v) is 21.7. The van der Waals surface area contributed by atoms with Gasteiger partial charge in [0.2, 0.25) is 11.4 Å². The second-order valence-corrected chi connectivity index (χ2v) is 9.79. The number of hydrogen-bond acceptors (Lipinski definition) is 1. The zero-order valence-electron chi connectivity index (χ0n) is 21.7. The van der Waals surface area contributed by atoms with Crippen LogP contribution in [-0.4, -0.2) is 5.11 Å². The van der Waals surface area contributed by atoms with Crippen LogP contribution in [0.2, 0.25) is 0 Å². The lowest BCUT2D eigenvalue weighted by Crippen LogP contribution is -2.49. The number of rotatable bonds is 7. The number of benzene rings is 5. The van der Waals surface area contributed by atoms with Gasteiger partial charge in [0.25, 0.3) is 0 Å². The highest BCUT2D eigenvalue weighted by Crippen LogP contribution is 2.34. The molecule has 6 aromatic rings. The number of aliphatic hydroxyl groups is 1. The van der Waals surface area contributed by atoms with E-state index in [2.05, 4.69) is 89.5 Å². The Bertz CT molecular complexity index is 1550. The Morgan fingerprint density at radius 2 is 0.744 bits per heavy atom. The Kier molecular flexibility index (Phi) is 6.86. The molecule has 6 rings (SSSR count). The molecule has 0 spiro atoms. The fraction of sp³-hybridized carbons (Fsp3) is 0.0541. The maximum Gasteiger partial charge on any atom is 0.213 e. The first-order valence-corrected chi connectivity index (χ1v) is 13.3. The number of pyridine rings is 1. The van der Waals surface area contributed by atoms with Crippen molar-refractivity contribution >= 4 is 0 Å². The van der Waals surface area contributed by atoms with Crippen LogP contribution in [0.5, 0.6) is 0 Å². The van der Waals surface area contributed by atoms with E-state index in [1.165, 1.54) is 0 Å². The van der Waals surface area contributed by atoms with Gasteiger partial charge in [0.05, 0.1) is 0 Å². The van der Waals surface area contributed by atoms with Crippen molar-refractivity contribution in [2.75, 3.05) is 0 Å². The molecule has 5 aromatic carbocycles. The van der Waals surface area contributed by atoms with Gasteiger partial charge in [0.1, 0.15) is 0 Å². The van der Waals surface area contributed by atoms with Gasteiger partial charge in [-0.3, -0.25) is 0 Å². The average Bonchev–Trinajstić information content (AvgIpc) is 3.03. The summed E-state index contributed by atoms with van der Waals surface area (Å²) < 4.78 is 2.27. The molecule has 0 bridgehead atoms. The normalized spacial score (nSPS) is 11.3. The van der Waals surface area contributed by atoms with Gasteiger partial charge in [-0.1, -0.05) is 127 Å². The van der Waals surface area contributed by atoms with Crippen LogP contribution in [-0.2, 0) is 12.1 Å². The Morgan fingerprint density at radius 1 is 0.410 bits per heavy atom. The summed E-state index contributed by atoms with van der Waals surface area (Å²) in [7, 11) is 0. The molecule has 0 saturated heterocycles. The van der Waals surface area contributed by atoms with Gasteiger partial charge in [-0.2, -0.15) is 4.57 Å². The second kappa shape index (κ2) is 10.9. The smallest absolute Gasteiger partial charge is 0.213 e.